The first-order chi connectivity index (χ1) is 11.7. The Bertz CT molecular complexity index is 832. The van der Waals surface area contributed by atoms with Crippen molar-refractivity contribution >= 4 is 43.9 Å². The van der Waals surface area contributed by atoms with Gasteiger partial charge in [0.15, 0.2) is 5.13 Å². The number of thiophene rings is 1. The zero-order chi connectivity index (χ0) is 16.5. The molecule has 24 heavy (non-hydrogen) atoms. The molecule has 1 saturated heterocycles. The van der Waals surface area contributed by atoms with E-state index in [1.54, 1.807) is 16.2 Å². The molecule has 0 aliphatic carbocycles. The Balaban J connectivity index is 1.71. The second-order valence-corrected chi connectivity index (χ2v) is 7.87. The number of anilines is 1. The van der Waals surface area contributed by atoms with E-state index < -0.39 is 0 Å². The van der Waals surface area contributed by atoms with E-state index in [4.69, 9.17) is 4.74 Å². The molecule has 0 bridgehead atoms. The van der Waals surface area contributed by atoms with Gasteiger partial charge >= 0.3 is 0 Å². The molecule has 1 atom stereocenters. The lowest BCUT2D eigenvalue weighted by Crippen LogP contribution is -2.37. The lowest BCUT2D eigenvalue weighted by Gasteiger charge is -2.22. The molecule has 1 aliphatic heterocycles. The van der Waals surface area contributed by atoms with Gasteiger partial charge in [-0.3, -0.25) is 9.69 Å². The summed E-state index contributed by atoms with van der Waals surface area (Å²) < 4.78 is 6.86. The second-order valence-electron chi connectivity index (χ2n) is 5.95. The molecule has 4 rings (SSSR count). The number of carbonyl (C=O) groups is 1. The maximum Gasteiger partial charge on any atom is 0.270 e. The van der Waals surface area contributed by atoms with E-state index in [0.717, 1.165) is 45.2 Å². The summed E-state index contributed by atoms with van der Waals surface area (Å²) in [5.41, 5.74) is 1.95. The normalized spacial score (nSPS) is 17.5. The number of rotatable bonds is 4. The van der Waals surface area contributed by atoms with Gasteiger partial charge in [-0.2, -0.15) is 0 Å². The van der Waals surface area contributed by atoms with Gasteiger partial charge in [-0.25, -0.2) is 4.98 Å². The smallest absolute Gasteiger partial charge is 0.270 e. The van der Waals surface area contributed by atoms with Crippen LogP contribution in [-0.2, 0) is 4.74 Å². The fourth-order valence-corrected chi connectivity index (χ4v) is 4.78. The number of amides is 1. The van der Waals surface area contributed by atoms with Gasteiger partial charge in [0.25, 0.3) is 5.91 Å². The molecule has 1 fully saturated rings. The molecule has 0 N–H and O–H groups in total. The molecule has 1 aromatic carbocycles. The molecular weight excluding hydrogens is 340 g/mol. The highest BCUT2D eigenvalue weighted by Crippen LogP contribution is 2.31. The van der Waals surface area contributed by atoms with E-state index in [0.29, 0.717) is 6.54 Å². The van der Waals surface area contributed by atoms with Crippen LogP contribution in [0.5, 0.6) is 0 Å². The van der Waals surface area contributed by atoms with Crippen LogP contribution in [0, 0.1) is 6.92 Å². The van der Waals surface area contributed by atoms with Gasteiger partial charge in [0.2, 0.25) is 0 Å². The number of carbonyl (C=O) groups excluding carboxylic acids is 1. The zero-order valence-electron chi connectivity index (χ0n) is 13.4. The van der Waals surface area contributed by atoms with E-state index in [1.807, 2.05) is 42.6 Å². The highest BCUT2D eigenvalue weighted by atomic mass is 32.1. The van der Waals surface area contributed by atoms with Crippen molar-refractivity contribution in [3.05, 3.63) is 46.2 Å². The van der Waals surface area contributed by atoms with Crippen LogP contribution in [0.25, 0.3) is 10.2 Å². The molecule has 0 unspecified atom stereocenters. The topological polar surface area (TPSA) is 42.4 Å². The van der Waals surface area contributed by atoms with Crippen molar-refractivity contribution in [1.82, 2.24) is 4.98 Å². The Kier molecular flexibility index (Phi) is 4.35. The molecule has 3 aromatic rings. The third-order valence-corrected chi connectivity index (χ3v) is 6.29. The first-order valence-electron chi connectivity index (χ1n) is 8.05. The third kappa shape index (κ3) is 2.97. The maximum atomic E-state index is 13.1. The molecular formula is C18H18N2O2S2. The fourth-order valence-electron chi connectivity index (χ4n) is 2.93. The number of hydrogen-bond acceptors (Lipinski definition) is 5. The van der Waals surface area contributed by atoms with E-state index in [2.05, 4.69) is 4.98 Å². The molecule has 1 amide bonds. The SMILES string of the molecule is Cc1ccsc1C(=O)N(C[C@H]1CCCO1)c1nc2ccccc2s1. The van der Waals surface area contributed by atoms with Crippen LogP contribution in [-0.4, -0.2) is 30.1 Å². The first-order valence-corrected chi connectivity index (χ1v) is 9.75. The predicted molar refractivity (Wildman–Crippen MR) is 99.3 cm³/mol. The second kappa shape index (κ2) is 6.63. The standard InChI is InChI=1S/C18H18N2O2S2/c1-12-8-10-23-16(12)17(21)20(11-13-5-4-9-22-13)18-19-14-6-2-3-7-15(14)24-18/h2-3,6-8,10,13H,4-5,9,11H2,1H3/t13-/m1/s1. The molecule has 6 heteroatoms. The Morgan fingerprint density at radius 1 is 1.38 bits per heavy atom. The average molecular weight is 358 g/mol. The number of thiazole rings is 1. The molecule has 4 nitrogen and oxygen atoms in total. The number of benzene rings is 1. The van der Waals surface area contributed by atoms with Crippen LogP contribution in [0.2, 0.25) is 0 Å². The largest absolute Gasteiger partial charge is 0.376 e. The minimum atomic E-state index is 0.0251. The van der Waals surface area contributed by atoms with Gasteiger partial charge in [0.05, 0.1) is 27.7 Å². The highest BCUT2D eigenvalue weighted by Gasteiger charge is 2.28. The van der Waals surface area contributed by atoms with Crippen LogP contribution < -0.4 is 4.90 Å². The summed E-state index contributed by atoms with van der Waals surface area (Å²) >= 11 is 3.05. The van der Waals surface area contributed by atoms with Crippen molar-refractivity contribution < 1.29 is 9.53 Å². The molecule has 1 aliphatic rings. The molecule has 0 saturated carbocycles. The minimum absolute atomic E-state index is 0.0251. The number of aromatic nitrogens is 1. The van der Waals surface area contributed by atoms with Gasteiger partial charge in [0, 0.05) is 6.61 Å². The number of para-hydroxylation sites is 1. The molecule has 3 heterocycles. The summed E-state index contributed by atoms with van der Waals surface area (Å²) in [6, 6.07) is 9.99. The predicted octanol–water partition coefficient (Wildman–Crippen LogP) is 4.49. The number of ether oxygens (including phenoxy) is 1. The van der Waals surface area contributed by atoms with E-state index >= 15 is 0 Å². The highest BCUT2D eigenvalue weighted by molar-refractivity contribution is 7.22. The number of fused-ring (bicyclic) bond motifs is 1. The Morgan fingerprint density at radius 2 is 2.25 bits per heavy atom. The molecule has 0 spiro atoms. The van der Waals surface area contributed by atoms with Crippen LogP contribution >= 0.6 is 22.7 Å². The summed E-state index contributed by atoms with van der Waals surface area (Å²) in [5, 5.41) is 2.72. The van der Waals surface area contributed by atoms with Gasteiger partial charge in [0.1, 0.15) is 0 Å². The summed E-state index contributed by atoms with van der Waals surface area (Å²) in [7, 11) is 0. The molecule has 0 radical (unpaired) electrons. The molecule has 2 aromatic heterocycles. The van der Waals surface area contributed by atoms with Crippen LogP contribution in [0.15, 0.2) is 35.7 Å². The zero-order valence-corrected chi connectivity index (χ0v) is 15.0. The van der Waals surface area contributed by atoms with Crippen LogP contribution in [0.4, 0.5) is 5.13 Å². The Labute approximate surface area is 148 Å². The van der Waals surface area contributed by atoms with Crippen LogP contribution in [0.3, 0.4) is 0 Å². The minimum Gasteiger partial charge on any atom is -0.376 e. The summed E-state index contributed by atoms with van der Waals surface area (Å²) in [6.07, 6.45) is 2.16. The monoisotopic (exact) mass is 358 g/mol. The lowest BCUT2D eigenvalue weighted by molar-refractivity contribution is 0.0920. The Morgan fingerprint density at radius 3 is 2.96 bits per heavy atom. The van der Waals surface area contributed by atoms with E-state index in [9.17, 15) is 4.79 Å². The quantitative estimate of drug-likeness (QED) is 0.690. The van der Waals surface area contributed by atoms with Crippen molar-refractivity contribution in [2.45, 2.75) is 25.9 Å². The van der Waals surface area contributed by atoms with E-state index in [-0.39, 0.29) is 12.0 Å². The fraction of sp³-hybridized carbons (Fsp3) is 0.333. The number of hydrogen-bond donors (Lipinski definition) is 0. The maximum absolute atomic E-state index is 13.1. The third-order valence-electron chi connectivity index (χ3n) is 4.23. The van der Waals surface area contributed by atoms with Crippen molar-refractivity contribution in [2.75, 3.05) is 18.1 Å². The number of aryl methyl sites for hydroxylation is 1. The van der Waals surface area contributed by atoms with Crippen molar-refractivity contribution in [2.24, 2.45) is 0 Å². The van der Waals surface area contributed by atoms with Crippen molar-refractivity contribution in [3.63, 3.8) is 0 Å². The lowest BCUT2D eigenvalue weighted by atomic mass is 10.2. The van der Waals surface area contributed by atoms with Crippen molar-refractivity contribution in [3.8, 4) is 0 Å². The molecule has 124 valence electrons. The van der Waals surface area contributed by atoms with Crippen LogP contribution in [0.1, 0.15) is 28.1 Å². The van der Waals surface area contributed by atoms with Crippen molar-refractivity contribution in [1.29, 1.82) is 0 Å². The van der Waals surface area contributed by atoms with Gasteiger partial charge in [-0.15, -0.1) is 11.3 Å². The van der Waals surface area contributed by atoms with Gasteiger partial charge in [-0.1, -0.05) is 23.5 Å². The number of nitrogens with zero attached hydrogens (tertiary/aromatic N) is 2. The summed E-state index contributed by atoms with van der Waals surface area (Å²) in [6.45, 7) is 3.33. The van der Waals surface area contributed by atoms with Gasteiger partial charge < -0.3 is 4.74 Å². The average Bonchev–Trinajstić information content (AvgIpc) is 3.32. The summed E-state index contributed by atoms with van der Waals surface area (Å²) in [5.74, 6) is 0.0251. The van der Waals surface area contributed by atoms with Gasteiger partial charge in [-0.05, 0) is 48.9 Å². The first kappa shape index (κ1) is 15.7. The van der Waals surface area contributed by atoms with E-state index in [1.165, 1.54) is 11.3 Å². The summed E-state index contributed by atoms with van der Waals surface area (Å²) in [4.78, 5) is 20.4. The Hall–Kier alpha value is -1.76.